The highest BCUT2D eigenvalue weighted by Gasteiger charge is 2.26. The second-order valence-electron chi connectivity index (χ2n) is 6.19. The third kappa shape index (κ3) is 2.87. The van der Waals surface area contributed by atoms with Gasteiger partial charge < -0.3 is 9.47 Å². The number of pyridine rings is 1. The normalized spacial score (nSPS) is 13.7. The lowest BCUT2D eigenvalue weighted by Gasteiger charge is -2.27. The van der Waals surface area contributed by atoms with Crippen molar-refractivity contribution in [2.75, 3.05) is 6.54 Å². The Morgan fingerprint density at radius 1 is 1.11 bits per heavy atom. The van der Waals surface area contributed by atoms with Crippen LogP contribution < -0.4 is 0 Å². The van der Waals surface area contributed by atoms with Gasteiger partial charge in [0.2, 0.25) is 0 Å². The minimum absolute atomic E-state index is 0.0338. The molecule has 0 N–H and O–H groups in total. The van der Waals surface area contributed by atoms with E-state index in [0.717, 1.165) is 26.9 Å². The molecule has 7 nitrogen and oxygen atoms in total. The van der Waals surface area contributed by atoms with Gasteiger partial charge in [0.25, 0.3) is 5.91 Å². The number of thiazole rings is 1. The maximum absolute atomic E-state index is 12.7. The topological polar surface area (TPSA) is 76.8 Å². The molecule has 0 unspecified atom stereocenters. The number of aromatic nitrogens is 5. The Morgan fingerprint density at radius 2 is 1.96 bits per heavy atom. The van der Waals surface area contributed by atoms with Crippen molar-refractivity contribution in [3.8, 4) is 10.8 Å². The number of carbonyl (C=O) groups is 1. The fourth-order valence-corrected chi connectivity index (χ4v) is 4.19. The molecular weight excluding hydrogens is 384 g/mol. The Labute approximate surface area is 163 Å². The van der Waals surface area contributed by atoms with E-state index in [-0.39, 0.29) is 5.91 Å². The molecule has 1 aromatic carbocycles. The Bertz CT molecular complexity index is 1120. The molecule has 0 radical (unpaired) electrons. The first-order chi connectivity index (χ1) is 13.2. The largest absolute Gasteiger partial charge is 0.329 e. The van der Waals surface area contributed by atoms with Gasteiger partial charge in [0, 0.05) is 29.9 Å². The van der Waals surface area contributed by atoms with Gasteiger partial charge in [0.05, 0.1) is 17.4 Å². The number of halogens is 1. The molecule has 9 heteroatoms. The number of benzene rings is 1. The summed E-state index contributed by atoms with van der Waals surface area (Å²) in [7, 11) is 0. The Morgan fingerprint density at radius 3 is 2.78 bits per heavy atom. The Hall–Kier alpha value is -2.84. The summed E-state index contributed by atoms with van der Waals surface area (Å²) < 4.78 is 3.10. The van der Waals surface area contributed by atoms with Gasteiger partial charge in [0.1, 0.15) is 5.52 Å². The van der Waals surface area contributed by atoms with E-state index >= 15 is 0 Å². The maximum atomic E-state index is 12.7. The highest BCUT2D eigenvalue weighted by atomic mass is 35.5. The zero-order chi connectivity index (χ0) is 18.4. The van der Waals surface area contributed by atoms with Crippen LogP contribution in [0, 0.1) is 0 Å². The molecule has 0 spiro atoms. The summed E-state index contributed by atoms with van der Waals surface area (Å²) in [5, 5.41) is 10.0. The summed E-state index contributed by atoms with van der Waals surface area (Å²) in [6.45, 7) is 1.64. The average molecular weight is 397 g/mol. The molecule has 0 aliphatic carbocycles. The SMILES string of the molecule is O=C(c1ccc(Cl)cc1)N1CCn2c(nnc2-c2nc3cnccc3s2)C1. The van der Waals surface area contributed by atoms with E-state index in [0.29, 0.717) is 30.2 Å². The van der Waals surface area contributed by atoms with E-state index in [1.165, 1.54) is 0 Å². The van der Waals surface area contributed by atoms with Crippen LogP contribution in [0.25, 0.3) is 21.0 Å². The van der Waals surface area contributed by atoms with Gasteiger partial charge in [-0.1, -0.05) is 11.6 Å². The summed E-state index contributed by atoms with van der Waals surface area (Å²) in [6, 6.07) is 8.87. The van der Waals surface area contributed by atoms with Crippen LogP contribution in [-0.4, -0.2) is 42.1 Å². The molecule has 3 aromatic heterocycles. The molecule has 5 rings (SSSR count). The molecule has 4 aromatic rings. The lowest BCUT2D eigenvalue weighted by molar-refractivity contribution is 0.0708. The number of rotatable bonds is 2. The first kappa shape index (κ1) is 16.3. The van der Waals surface area contributed by atoms with E-state index in [4.69, 9.17) is 11.6 Å². The summed E-state index contributed by atoms with van der Waals surface area (Å²) in [5.41, 5.74) is 1.47. The average Bonchev–Trinajstić information content (AvgIpc) is 3.31. The Kier molecular flexibility index (Phi) is 3.87. The van der Waals surface area contributed by atoms with Crippen molar-refractivity contribution in [3.63, 3.8) is 0 Å². The molecule has 0 saturated heterocycles. The van der Waals surface area contributed by atoms with Crippen LogP contribution in [0.15, 0.2) is 42.7 Å². The first-order valence-corrected chi connectivity index (χ1v) is 9.56. The molecule has 0 bridgehead atoms. The predicted molar refractivity (Wildman–Crippen MR) is 103 cm³/mol. The molecule has 1 amide bonds. The van der Waals surface area contributed by atoms with E-state index in [1.54, 1.807) is 52.9 Å². The van der Waals surface area contributed by atoms with Gasteiger partial charge in [0.15, 0.2) is 16.7 Å². The molecule has 0 fully saturated rings. The van der Waals surface area contributed by atoms with Gasteiger partial charge in [-0.15, -0.1) is 21.5 Å². The standard InChI is InChI=1S/C18H13ClN6OS/c19-12-3-1-11(2-4-12)18(26)24-7-8-25-15(10-24)22-23-16(25)17-21-13-9-20-6-5-14(13)27-17/h1-6,9H,7-8,10H2. The third-order valence-corrected chi connectivity index (χ3v) is 5.80. The summed E-state index contributed by atoms with van der Waals surface area (Å²) in [4.78, 5) is 23.2. The van der Waals surface area contributed by atoms with Gasteiger partial charge in [-0.05, 0) is 30.3 Å². The second-order valence-corrected chi connectivity index (χ2v) is 7.65. The molecule has 1 aliphatic rings. The van der Waals surface area contributed by atoms with Crippen LogP contribution in [0.1, 0.15) is 16.2 Å². The number of hydrogen-bond donors (Lipinski definition) is 0. The monoisotopic (exact) mass is 396 g/mol. The molecule has 0 atom stereocenters. The van der Waals surface area contributed by atoms with E-state index in [2.05, 4.69) is 20.2 Å². The Balaban J connectivity index is 1.43. The fourth-order valence-electron chi connectivity index (χ4n) is 3.14. The van der Waals surface area contributed by atoms with E-state index < -0.39 is 0 Å². The zero-order valence-corrected chi connectivity index (χ0v) is 15.6. The van der Waals surface area contributed by atoms with Crippen molar-refractivity contribution in [3.05, 3.63) is 59.1 Å². The minimum Gasteiger partial charge on any atom is -0.329 e. The number of amides is 1. The predicted octanol–water partition coefficient (Wildman–Crippen LogP) is 3.26. The number of hydrogen-bond acceptors (Lipinski definition) is 6. The minimum atomic E-state index is -0.0338. The molecule has 27 heavy (non-hydrogen) atoms. The first-order valence-electron chi connectivity index (χ1n) is 8.37. The zero-order valence-electron chi connectivity index (χ0n) is 14.0. The van der Waals surface area contributed by atoms with Crippen LogP contribution >= 0.6 is 22.9 Å². The molecule has 134 valence electrons. The van der Waals surface area contributed by atoms with Crippen LogP contribution in [0.3, 0.4) is 0 Å². The third-order valence-electron chi connectivity index (χ3n) is 4.51. The van der Waals surface area contributed by atoms with Gasteiger partial charge in [-0.3, -0.25) is 9.78 Å². The number of fused-ring (bicyclic) bond motifs is 2. The van der Waals surface area contributed by atoms with Crippen LogP contribution in [-0.2, 0) is 13.1 Å². The number of carbonyl (C=O) groups excluding carboxylic acids is 1. The lowest BCUT2D eigenvalue weighted by atomic mass is 10.2. The van der Waals surface area contributed by atoms with Crippen LogP contribution in [0.5, 0.6) is 0 Å². The maximum Gasteiger partial charge on any atom is 0.254 e. The summed E-state index contributed by atoms with van der Waals surface area (Å²) >= 11 is 7.47. The van der Waals surface area contributed by atoms with Crippen molar-refractivity contribution in [1.29, 1.82) is 0 Å². The van der Waals surface area contributed by atoms with Crippen molar-refractivity contribution in [1.82, 2.24) is 29.6 Å². The number of nitrogens with zero attached hydrogens (tertiary/aromatic N) is 6. The van der Waals surface area contributed by atoms with Crippen molar-refractivity contribution < 1.29 is 4.79 Å². The summed E-state index contributed by atoms with van der Waals surface area (Å²) in [6.07, 6.45) is 3.50. The smallest absolute Gasteiger partial charge is 0.254 e. The highest BCUT2D eigenvalue weighted by Crippen LogP contribution is 2.30. The van der Waals surface area contributed by atoms with Gasteiger partial charge in [-0.2, -0.15) is 0 Å². The van der Waals surface area contributed by atoms with E-state index in [9.17, 15) is 4.79 Å². The summed E-state index contributed by atoms with van der Waals surface area (Å²) in [5.74, 6) is 1.47. The van der Waals surface area contributed by atoms with Crippen molar-refractivity contribution in [2.24, 2.45) is 0 Å². The lowest BCUT2D eigenvalue weighted by Crippen LogP contribution is -2.38. The van der Waals surface area contributed by atoms with Gasteiger partial charge >= 0.3 is 0 Å². The van der Waals surface area contributed by atoms with Crippen molar-refractivity contribution >= 4 is 39.1 Å². The van der Waals surface area contributed by atoms with Crippen LogP contribution in [0.4, 0.5) is 0 Å². The molecular formula is C18H13ClN6OS. The van der Waals surface area contributed by atoms with E-state index in [1.807, 2.05) is 10.6 Å². The molecule has 0 saturated carbocycles. The fraction of sp³-hybridized carbons (Fsp3) is 0.167. The second kappa shape index (κ2) is 6.40. The van der Waals surface area contributed by atoms with Gasteiger partial charge in [-0.25, -0.2) is 4.98 Å². The molecule has 4 heterocycles. The quantitative estimate of drug-likeness (QED) is 0.519. The highest BCUT2D eigenvalue weighted by molar-refractivity contribution is 7.21. The van der Waals surface area contributed by atoms with Crippen molar-refractivity contribution in [2.45, 2.75) is 13.1 Å². The van der Waals surface area contributed by atoms with Crippen LogP contribution in [0.2, 0.25) is 5.02 Å². The molecule has 1 aliphatic heterocycles.